The molecular weight excluding hydrogens is 256 g/mol. The Kier molecular flexibility index (Phi) is 4.68. The fraction of sp³-hybridized carbons (Fsp3) is 0.200. The van der Waals surface area contributed by atoms with Gasteiger partial charge in [0.1, 0.15) is 0 Å². The summed E-state index contributed by atoms with van der Waals surface area (Å²) >= 11 is 0. The predicted octanol–water partition coefficient (Wildman–Crippen LogP) is 1.30. The normalized spacial score (nSPS) is 11.1. The molecule has 2 rings (SSSR count). The van der Waals surface area contributed by atoms with Crippen LogP contribution in [-0.2, 0) is 9.53 Å². The van der Waals surface area contributed by atoms with Crippen molar-refractivity contribution in [2.45, 2.75) is 0 Å². The molecule has 2 aromatic rings. The van der Waals surface area contributed by atoms with E-state index in [2.05, 4.69) is 10.3 Å². The summed E-state index contributed by atoms with van der Waals surface area (Å²) in [6.45, 7) is 0.893. The molecule has 0 unspecified atom stereocenters. The minimum atomic E-state index is -0.255. The maximum absolute atomic E-state index is 11.8. The highest BCUT2D eigenvalue weighted by Crippen LogP contribution is 2.10. The lowest BCUT2D eigenvalue weighted by molar-refractivity contribution is -0.116. The second-order valence-corrected chi connectivity index (χ2v) is 4.26. The number of pyridine rings is 1. The molecule has 1 heterocycles. The zero-order chi connectivity index (χ0) is 14.4. The Morgan fingerprint density at radius 3 is 3.00 bits per heavy atom. The number of benzene rings is 1. The van der Waals surface area contributed by atoms with Crippen molar-refractivity contribution < 1.29 is 9.53 Å². The van der Waals surface area contributed by atoms with Crippen molar-refractivity contribution >= 4 is 22.9 Å². The van der Waals surface area contributed by atoms with E-state index in [0.717, 1.165) is 10.9 Å². The van der Waals surface area contributed by atoms with E-state index in [-0.39, 0.29) is 11.5 Å². The summed E-state index contributed by atoms with van der Waals surface area (Å²) in [6.07, 6.45) is 2.85. The van der Waals surface area contributed by atoms with Gasteiger partial charge < -0.3 is 15.0 Å². The van der Waals surface area contributed by atoms with Gasteiger partial charge in [0.2, 0.25) is 5.91 Å². The number of carbonyl (C=O) groups is 1. The number of carbonyl (C=O) groups excluding carboxylic acids is 1. The van der Waals surface area contributed by atoms with E-state index in [9.17, 15) is 9.59 Å². The van der Waals surface area contributed by atoms with Crippen molar-refractivity contribution in [2.75, 3.05) is 20.3 Å². The molecule has 0 aliphatic carbocycles. The smallest absolute Gasteiger partial charge is 0.255 e. The predicted molar refractivity (Wildman–Crippen MR) is 78.5 cm³/mol. The van der Waals surface area contributed by atoms with Crippen LogP contribution in [-0.4, -0.2) is 31.2 Å². The zero-order valence-electron chi connectivity index (χ0n) is 11.2. The van der Waals surface area contributed by atoms with Crippen molar-refractivity contribution in [2.24, 2.45) is 0 Å². The van der Waals surface area contributed by atoms with Gasteiger partial charge in [0.05, 0.1) is 6.61 Å². The lowest BCUT2D eigenvalue weighted by atomic mass is 10.1. The quantitative estimate of drug-likeness (QED) is 0.636. The minimum absolute atomic E-state index is 0.218. The van der Waals surface area contributed by atoms with Crippen LogP contribution in [0.5, 0.6) is 0 Å². The molecule has 104 valence electrons. The molecule has 0 bridgehead atoms. The molecule has 2 N–H and O–H groups in total. The van der Waals surface area contributed by atoms with Gasteiger partial charge >= 0.3 is 0 Å². The second kappa shape index (κ2) is 6.68. The number of hydrogen-bond acceptors (Lipinski definition) is 3. The monoisotopic (exact) mass is 272 g/mol. The van der Waals surface area contributed by atoms with Crippen molar-refractivity contribution in [3.63, 3.8) is 0 Å². The Balaban J connectivity index is 2.15. The van der Waals surface area contributed by atoms with E-state index in [4.69, 9.17) is 4.74 Å². The third-order valence-corrected chi connectivity index (χ3v) is 2.80. The van der Waals surface area contributed by atoms with Crippen LogP contribution >= 0.6 is 0 Å². The number of fused-ring (bicyclic) bond motifs is 1. The van der Waals surface area contributed by atoms with Gasteiger partial charge in [0, 0.05) is 30.8 Å². The van der Waals surface area contributed by atoms with Crippen molar-refractivity contribution in [1.82, 2.24) is 10.3 Å². The molecule has 5 heteroatoms. The van der Waals surface area contributed by atoms with Gasteiger partial charge in [-0.2, -0.15) is 0 Å². The molecule has 1 amide bonds. The van der Waals surface area contributed by atoms with Crippen LogP contribution in [0.2, 0.25) is 0 Å². The molecule has 0 saturated carbocycles. The summed E-state index contributed by atoms with van der Waals surface area (Å²) in [5.41, 5.74) is 1.01. The highest BCUT2D eigenvalue weighted by Gasteiger charge is 2.00. The number of amides is 1. The van der Waals surface area contributed by atoms with Crippen molar-refractivity contribution in [1.29, 1.82) is 0 Å². The van der Waals surface area contributed by atoms with Gasteiger partial charge in [-0.3, -0.25) is 9.59 Å². The van der Waals surface area contributed by atoms with Crippen molar-refractivity contribution in [3.8, 4) is 0 Å². The first-order valence-electron chi connectivity index (χ1n) is 6.27. The molecule has 0 radical (unpaired) electrons. The average Bonchev–Trinajstić information content (AvgIpc) is 2.45. The van der Waals surface area contributed by atoms with E-state index < -0.39 is 0 Å². The highest BCUT2D eigenvalue weighted by molar-refractivity contribution is 5.92. The highest BCUT2D eigenvalue weighted by atomic mass is 16.5. The van der Waals surface area contributed by atoms with E-state index >= 15 is 0 Å². The molecule has 5 nitrogen and oxygen atoms in total. The number of ether oxygens (including phenoxy) is 1. The molecule has 0 atom stereocenters. The summed E-state index contributed by atoms with van der Waals surface area (Å²) in [5.74, 6) is -0.255. The van der Waals surface area contributed by atoms with Gasteiger partial charge in [0.15, 0.2) is 0 Å². The molecule has 0 fully saturated rings. The van der Waals surface area contributed by atoms with Gasteiger partial charge in [-0.05, 0) is 23.6 Å². The summed E-state index contributed by atoms with van der Waals surface area (Å²) in [6, 6.07) is 9.25. The molecule has 1 aromatic heterocycles. The van der Waals surface area contributed by atoms with Crippen LogP contribution in [0.1, 0.15) is 5.56 Å². The van der Waals surface area contributed by atoms with Gasteiger partial charge in [0.25, 0.3) is 5.56 Å². The average molecular weight is 272 g/mol. The number of para-hydroxylation sites is 1. The molecule has 0 aliphatic heterocycles. The van der Waals surface area contributed by atoms with E-state index in [1.54, 1.807) is 13.2 Å². The fourth-order valence-electron chi connectivity index (χ4n) is 1.79. The molecule has 20 heavy (non-hydrogen) atoms. The Bertz CT molecular complexity index is 689. The number of hydrogen-bond donors (Lipinski definition) is 2. The maximum Gasteiger partial charge on any atom is 0.255 e. The van der Waals surface area contributed by atoms with Crippen LogP contribution in [0, 0.1) is 0 Å². The summed E-state index contributed by atoms with van der Waals surface area (Å²) < 4.78 is 4.83. The Morgan fingerprint density at radius 2 is 2.20 bits per heavy atom. The Labute approximate surface area is 116 Å². The Hall–Kier alpha value is -2.40. The van der Waals surface area contributed by atoms with Gasteiger partial charge in [-0.25, -0.2) is 0 Å². The Morgan fingerprint density at radius 1 is 1.40 bits per heavy atom. The standard InChI is InChI=1S/C15H16N2O3/c1-20-9-8-16-14(18)7-6-12-10-11-4-2-3-5-13(11)17-15(12)19/h2-7,10H,8-9H2,1H3,(H,16,18)(H,17,19)/b7-6+. The van der Waals surface area contributed by atoms with Crippen LogP contribution in [0.4, 0.5) is 0 Å². The first-order valence-corrected chi connectivity index (χ1v) is 6.27. The molecule has 0 aliphatic rings. The number of nitrogens with one attached hydrogen (secondary N) is 2. The number of aromatic nitrogens is 1. The summed E-state index contributed by atoms with van der Waals surface area (Å²) in [5, 5.41) is 3.57. The van der Waals surface area contributed by atoms with Gasteiger partial charge in [-0.1, -0.05) is 18.2 Å². The van der Waals surface area contributed by atoms with Gasteiger partial charge in [-0.15, -0.1) is 0 Å². The number of aromatic amines is 1. The molecule has 0 spiro atoms. The van der Waals surface area contributed by atoms with E-state index in [0.29, 0.717) is 18.7 Å². The fourth-order valence-corrected chi connectivity index (χ4v) is 1.79. The largest absolute Gasteiger partial charge is 0.383 e. The lowest BCUT2D eigenvalue weighted by Crippen LogP contribution is -2.25. The number of rotatable bonds is 5. The third kappa shape index (κ3) is 3.55. The molecule has 0 saturated heterocycles. The van der Waals surface area contributed by atoms with Crippen molar-refractivity contribution in [3.05, 3.63) is 52.3 Å². The van der Waals surface area contributed by atoms with Crippen LogP contribution < -0.4 is 10.9 Å². The number of H-pyrrole nitrogens is 1. The lowest BCUT2D eigenvalue weighted by Gasteiger charge is -2.01. The third-order valence-electron chi connectivity index (χ3n) is 2.80. The van der Waals surface area contributed by atoms with E-state index in [1.165, 1.54) is 12.2 Å². The maximum atomic E-state index is 11.8. The topological polar surface area (TPSA) is 71.2 Å². The van der Waals surface area contributed by atoms with E-state index in [1.807, 2.05) is 24.3 Å². The number of methoxy groups -OCH3 is 1. The SMILES string of the molecule is COCCNC(=O)/C=C/c1cc2ccccc2[nH]c1=O. The van der Waals surface area contributed by atoms with Crippen LogP contribution in [0.25, 0.3) is 17.0 Å². The zero-order valence-corrected chi connectivity index (χ0v) is 11.2. The minimum Gasteiger partial charge on any atom is -0.383 e. The first kappa shape index (κ1) is 14.0. The summed E-state index contributed by atoms with van der Waals surface area (Å²) in [7, 11) is 1.57. The first-order chi connectivity index (χ1) is 9.70. The van der Waals surface area contributed by atoms with Crippen LogP contribution in [0.15, 0.2) is 41.2 Å². The molecular formula is C15H16N2O3. The summed E-state index contributed by atoms with van der Waals surface area (Å²) in [4.78, 5) is 26.1. The molecule has 1 aromatic carbocycles. The van der Waals surface area contributed by atoms with Crippen LogP contribution in [0.3, 0.4) is 0 Å². The second-order valence-electron chi connectivity index (χ2n) is 4.26.